The Kier molecular flexibility index (Phi) is 14.7. The Bertz CT molecular complexity index is 2640. The maximum absolute atomic E-state index is 14.8. The van der Waals surface area contributed by atoms with Crippen LogP contribution in [0.15, 0.2) is 120 Å². The third-order valence-electron chi connectivity index (χ3n) is 12.1. The topological polar surface area (TPSA) is 113 Å². The number of nitrogens with one attached hydrogen (secondary N) is 2. The fraction of sp³-hybridized carbons (Fsp3) is 0.315. The molecule has 332 valence electrons. The lowest BCUT2D eigenvalue weighted by atomic mass is 9.94. The zero-order chi connectivity index (χ0) is 45.3. The highest BCUT2D eigenvalue weighted by Crippen LogP contribution is 2.38. The maximum atomic E-state index is 14.8. The number of pyridine rings is 1. The summed E-state index contributed by atoms with van der Waals surface area (Å²) >= 11 is 0. The van der Waals surface area contributed by atoms with Crippen molar-refractivity contribution in [2.75, 3.05) is 36.6 Å². The molecular weight excluding hydrogens is 801 g/mol. The number of anilines is 2. The quantitative estimate of drug-likeness (QED) is 0.0996. The molecular formula is C54H60N4O6. The summed E-state index contributed by atoms with van der Waals surface area (Å²) in [5.74, 6) is 0.646. The van der Waals surface area contributed by atoms with Crippen molar-refractivity contribution in [3.63, 3.8) is 0 Å². The second-order valence-corrected chi connectivity index (χ2v) is 16.9. The van der Waals surface area contributed by atoms with Gasteiger partial charge in [0.2, 0.25) is 0 Å². The molecule has 0 atom stereocenters. The maximum Gasteiger partial charge on any atom is 0.261 e. The largest absolute Gasteiger partial charge is 0.488 e. The predicted octanol–water partition coefficient (Wildman–Crippen LogP) is 10.5. The number of carbonyl (C=O) groups excluding carboxylic acids is 2. The summed E-state index contributed by atoms with van der Waals surface area (Å²) < 4.78 is 18.6. The number of hydrogen-bond acceptors (Lipinski definition) is 7. The molecule has 0 saturated carbocycles. The lowest BCUT2D eigenvalue weighted by Crippen LogP contribution is -2.40. The minimum Gasteiger partial charge on any atom is -0.488 e. The fourth-order valence-corrected chi connectivity index (χ4v) is 8.49. The number of hydrogen-bond donors (Lipinski definition) is 2. The molecule has 1 fully saturated rings. The SMILES string of the molecule is CCN(c1cc(-c2cccc(N(C)C(=O)c3cc(C(C)C)c(OCc4ccccc4)cc3OCc3ccccc3)c2)cc(C(=O)NCc2c(C)cc(C)[nH]c2=O)c1C)C1CCOCC1. The highest BCUT2D eigenvalue weighted by atomic mass is 16.5. The summed E-state index contributed by atoms with van der Waals surface area (Å²) in [5, 5.41) is 3.05. The van der Waals surface area contributed by atoms with Crippen molar-refractivity contribution in [2.24, 2.45) is 0 Å². The molecule has 1 aliphatic rings. The minimum atomic E-state index is -0.272. The normalized spacial score (nSPS) is 12.8. The standard InChI is InChI=1S/C54H60N4O6/c1-8-58(43-22-24-62-25-23-43)49-29-42(28-46(38(49)6)52(59)55-32-48-36(4)26-37(5)56-53(48)60)41-20-15-21-44(27-41)57(7)54(61)47-30-45(35(2)3)50(63-33-39-16-11-9-12-17-39)31-51(47)64-34-40-18-13-10-14-19-40/h9-21,26-31,35,43H,8,22-25,32-34H2,1-7H3,(H,55,59)(H,56,60). The number of aryl methyl sites for hydroxylation is 2. The van der Waals surface area contributed by atoms with Gasteiger partial charge in [-0.2, -0.15) is 0 Å². The molecule has 2 amide bonds. The number of nitrogens with zero attached hydrogens (tertiary/aromatic N) is 2. The lowest BCUT2D eigenvalue weighted by molar-refractivity contribution is 0.0845. The number of H-pyrrole nitrogens is 1. The van der Waals surface area contributed by atoms with Crippen molar-refractivity contribution in [2.45, 2.75) is 86.1 Å². The predicted molar refractivity (Wildman–Crippen MR) is 256 cm³/mol. The Morgan fingerprint density at radius 3 is 2.06 bits per heavy atom. The number of amides is 2. The molecule has 2 heterocycles. The van der Waals surface area contributed by atoms with E-state index in [1.807, 2.05) is 130 Å². The summed E-state index contributed by atoms with van der Waals surface area (Å²) in [7, 11) is 1.77. The number of aromatic amines is 1. The number of rotatable bonds is 16. The lowest BCUT2D eigenvalue weighted by Gasteiger charge is -2.37. The molecule has 1 aliphatic heterocycles. The van der Waals surface area contributed by atoms with Crippen LogP contribution in [-0.2, 0) is 24.5 Å². The summed E-state index contributed by atoms with van der Waals surface area (Å²) in [6.45, 7) is 14.9. The number of aromatic nitrogens is 1. The van der Waals surface area contributed by atoms with Crippen LogP contribution in [0.25, 0.3) is 11.1 Å². The van der Waals surface area contributed by atoms with E-state index >= 15 is 0 Å². The van der Waals surface area contributed by atoms with E-state index in [0.717, 1.165) is 69.7 Å². The molecule has 10 nitrogen and oxygen atoms in total. The molecule has 0 unspecified atom stereocenters. The molecule has 5 aromatic carbocycles. The molecule has 0 aliphatic carbocycles. The van der Waals surface area contributed by atoms with Gasteiger partial charge in [0.05, 0.1) is 5.56 Å². The Morgan fingerprint density at radius 1 is 0.781 bits per heavy atom. The van der Waals surface area contributed by atoms with Crippen molar-refractivity contribution >= 4 is 23.2 Å². The van der Waals surface area contributed by atoms with E-state index in [1.165, 1.54) is 0 Å². The van der Waals surface area contributed by atoms with E-state index < -0.39 is 0 Å². The fourth-order valence-electron chi connectivity index (χ4n) is 8.49. The first-order valence-corrected chi connectivity index (χ1v) is 22.3. The summed E-state index contributed by atoms with van der Waals surface area (Å²) in [6.07, 6.45) is 1.76. The van der Waals surface area contributed by atoms with Gasteiger partial charge < -0.3 is 34.3 Å². The molecule has 1 saturated heterocycles. The monoisotopic (exact) mass is 860 g/mol. The first-order valence-electron chi connectivity index (χ1n) is 22.3. The van der Waals surface area contributed by atoms with Crippen LogP contribution in [0.2, 0.25) is 0 Å². The van der Waals surface area contributed by atoms with Gasteiger partial charge in [-0.05, 0) is 122 Å². The van der Waals surface area contributed by atoms with Gasteiger partial charge >= 0.3 is 0 Å². The molecule has 1 aromatic heterocycles. The Labute approximate surface area is 377 Å². The number of benzene rings is 5. The van der Waals surface area contributed by atoms with Gasteiger partial charge in [-0.15, -0.1) is 0 Å². The van der Waals surface area contributed by atoms with Gasteiger partial charge in [0.25, 0.3) is 17.4 Å². The minimum absolute atomic E-state index is 0.0571. The summed E-state index contributed by atoms with van der Waals surface area (Å²) in [4.78, 5) is 48.8. The van der Waals surface area contributed by atoms with Crippen LogP contribution in [0.3, 0.4) is 0 Å². The van der Waals surface area contributed by atoms with Gasteiger partial charge in [0.1, 0.15) is 24.7 Å². The van der Waals surface area contributed by atoms with Crippen LogP contribution in [0.5, 0.6) is 11.5 Å². The van der Waals surface area contributed by atoms with E-state index in [2.05, 4.69) is 42.0 Å². The molecule has 7 rings (SSSR count). The molecule has 0 radical (unpaired) electrons. The van der Waals surface area contributed by atoms with Gasteiger partial charge in [-0.25, -0.2) is 0 Å². The third-order valence-corrected chi connectivity index (χ3v) is 12.1. The van der Waals surface area contributed by atoms with E-state index in [1.54, 1.807) is 11.9 Å². The Balaban J connectivity index is 1.24. The Hall–Kier alpha value is -6.65. The average molecular weight is 861 g/mol. The smallest absolute Gasteiger partial charge is 0.261 e. The van der Waals surface area contributed by atoms with E-state index in [4.69, 9.17) is 14.2 Å². The number of ether oxygens (including phenoxy) is 3. The van der Waals surface area contributed by atoms with Crippen molar-refractivity contribution < 1.29 is 23.8 Å². The van der Waals surface area contributed by atoms with Gasteiger partial charge in [-0.1, -0.05) is 86.6 Å². The summed E-state index contributed by atoms with van der Waals surface area (Å²) in [6, 6.07) is 37.7. The van der Waals surface area contributed by atoms with Crippen LogP contribution in [0.1, 0.15) is 99.3 Å². The zero-order valence-corrected chi connectivity index (χ0v) is 38.1. The highest BCUT2D eigenvalue weighted by molar-refractivity contribution is 6.08. The second-order valence-electron chi connectivity index (χ2n) is 16.9. The Morgan fingerprint density at radius 2 is 1.44 bits per heavy atom. The first-order chi connectivity index (χ1) is 30.9. The second kappa shape index (κ2) is 20.7. The first kappa shape index (κ1) is 45.4. The van der Waals surface area contributed by atoms with E-state index in [9.17, 15) is 14.4 Å². The van der Waals surface area contributed by atoms with Crippen molar-refractivity contribution in [1.82, 2.24) is 10.3 Å². The molecule has 64 heavy (non-hydrogen) atoms. The summed E-state index contributed by atoms with van der Waals surface area (Å²) in [5.41, 5.74) is 9.93. The third kappa shape index (κ3) is 10.6. The van der Waals surface area contributed by atoms with Crippen LogP contribution >= 0.6 is 0 Å². The molecule has 6 aromatic rings. The van der Waals surface area contributed by atoms with Gasteiger partial charge in [0.15, 0.2) is 0 Å². The van der Waals surface area contributed by atoms with Crippen LogP contribution in [-0.4, -0.2) is 49.6 Å². The van der Waals surface area contributed by atoms with Crippen molar-refractivity contribution in [3.05, 3.63) is 176 Å². The van der Waals surface area contributed by atoms with Crippen LogP contribution < -0.4 is 30.1 Å². The highest BCUT2D eigenvalue weighted by Gasteiger charge is 2.27. The van der Waals surface area contributed by atoms with Crippen molar-refractivity contribution in [3.8, 4) is 22.6 Å². The van der Waals surface area contributed by atoms with Gasteiger partial charge in [-0.3, -0.25) is 14.4 Å². The zero-order valence-electron chi connectivity index (χ0n) is 38.1. The molecule has 2 N–H and O–H groups in total. The van der Waals surface area contributed by atoms with E-state index in [-0.39, 0.29) is 42.5 Å². The van der Waals surface area contributed by atoms with E-state index in [0.29, 0.717) is 53.7 Å². The average Bonchev–Trinajstić information content (AvgIpc) is 3.31. The van der Waals surface area contributed by atoms with Gasteiger partial charge in [0, 0.05) is 73.7 Å². The van der Waals surface area contributed by atoms with Crippen molar-refractivity contribution in [1.29, 1.82) is 0 Å². The van der Waals surface area contributed by atoms with Crippen LogP contribution in [0.4, 0.5) is 11.4 Å². The van der Waals surface area contributed by atoms with Crippen LogP contribution in [0, 0.1) is 20.8 Å². The molecule has 10 heteroatoms. The molecule has 0 bridgehead atoms. The molecule has 0 spiro atoms. The number of carbonyl (C=O) groups is 2.